The molecule has 2 N–H and O–H groups in total. The van der Waals surface area contributed by atoms with Crippen molar-refractivity contribution in [1.29, 1.82) is 0 Å². The minimum atomic E-state index is -2.25. The van der Waals surface area contributed by atoms with Crippen LogP contribution in [0.25, 0.3) is 0 Å². The second-order valence-corrected chi connectivity index (χ2v) is 0.715. The molecule has 1 rings (SSSR count). The first-order valence-corrected chi connectivity index (χ1v) is 1.02. The molecular weight excluding hydrogens is 308 g/mol. The van der Waals surface area contributed by atoms with Gasteiger partial charge in [0.1, 0.15) is 0 Å². The van der Waals surface area contributed by atoms with Crippen LogP contribution in [0.5, 0.6) is 0 Å². The molecule has 0 aromatic carbocycles. The molecule has 0 bridgehead atoms. The maximum absolute atomic E-state index is 7.74. The fourth-order valence-corrected chi connectivity index (χ4v) is 0.0373. The van der Waals surface area contributed by atoms with E-state index in [9.17, 15) is 0 Å². The van der Waals surface area contributed by atoms with Crippen molar-refractivity contribution in [3.8, 4) is 0 Å². The summed E-state index contributed by atoms with van der Waals surface area (Å²) in [6.45, 7) is 0. The van der Waals surface area contributed by atoms with E-state index in [0.717, 1.165) is 0 Å². The van der Waals surface area contributed by atoms with Gasteiger partial charge in [-0.15, -0.1) is 9.78 Å². The van der Waals surface area contributed by atoms with Crippen LogP contribution in [0.4, 0.5) is 0 Å². The summed E-state index contributed by atoms with van der Waals surface area (Å²) >= 11 is 0. The predicted molar refractivity (Wildman–Crippen MR) is 26.4 cm³/mol. The third-order valence-electron chi connectivity index (χ3n) is 0.232. The minimum absolute atomic E-state index is 0. The van der Waals surface area contributed by atoms with E-state index in [4.69, 9.17) is 10.2 Å². The maximum atomic E-state index is 7.74. The topological polar surface area (TPSA) is 65.5 Å². The Morgan fingerprint density at radius 3 is 1.29 bits per heavy atom. The zero-order valence-corrected chi connectivity index (χ0v) is 8.42. The van der Waals surface area contributed by atoms with Crippen molar-refractivity contribution in [2.24, 2.45) is 0 Å². The van der Waals surface area contributed by atoms with Crippen molar-refractivity contribution in [2.45, 2.75) is 6.16 Å². The molecule has 0 aromatic rings. The summed E-state index contributed by atoms with van der Waals surface area (Å²) in [5.74, 6) is 0. The molecular formula is CH6BiNaO4. The molecule has 40 valence electrons. The van der Waals surface area contributed by atoms with Gasteiger partial charge in [0.15, 0.2) is 0 Å². The Morgan fingerprint density at radius 1 is 1.14 bits per heavy atom. The molecule has 4 nitrogen and oxygen atoms in total. The van der Waals surface area contributed by atoms with Gasteiger partial charge in [0.25, 0.3) is 0 Å². The first-order chi connectivity index (χ1) is 2.21. The zero-order chi connectivity index (χ0) is 3.91. The Morgan fingerprint density at radius 2 is 1.29 bits per heavy atom. The van der Waals surface area contributed by atoms with Crippen LogP contribution in [0.3, 0.4) is 0 Å². The first kappa shape index (κ1) is 11.5. The number of hydrogen-bond acceptors (Lipinski definition) is 4. The van der Waals surface area contributed by atoms with Gasteiger partial charge < -0.3 is 10.2 Å². The number of rotatable bonds is 0. The van der Waals surface area contributed by atoms with Gasteiger partial charge in [0.2, 0.25) is 0 Å². The second kappa shape index (κ2) is 3.69. The van der Waals surface area contributed by atoms with Crippen molar-refractivity contribution in [2.75, 3.05) is 0 Å². The van der Waals surface area contributed by atoms with E-state index in [1.165, 1.54) is 0 Å². The van der Waals surface area contributed by atoms with Crippen LogP contribution in [0.15, 0.2) is 0 Å². The van der Waals surface area contributed by atoms with Crippen LogP contribution in [-0.4, -0.2) is 72.1 Å². The van der Waals surface area contributed by atoms with Gasteiger partial charge >= 0.3 is 61.9 Å². The fraction of sp³-hybridized carbons (Fsp3) is 1.00. The Balaban J connectivity index is 0. The van der Waals surface area contributed by atoms with E-state index < -0.39 is 6.16 Å². The summed E-state index contributed by atoms with van der Waals surface area (Å²) in [6.07, 6.45) is -2.25. The molecule has 1 fully saturated rings. The van der Waals surface area contributed by atoms with Gasteiger partial charge in [-0.05, 0) is 0 Å². The summed E-state index contributed by atoms with van der Waals surface area (Å²) < 4.78 is 0. The number of aliphatic hydroxyl groups is 2. The van der Waals surface area contributed by atoms with Crippen LogP contribution in [0.2, 0.25) is 0 Å². The summed E-state index contributed by atoms with van der Waals surface area (Å²) in [6, 6.07) is 0. The molecule has 0 atom stereocenters. The van der Waals surface area contributed by atoms with Crippen LogP contribution in [-0.2, 0) is 9.78 Å². The average Bonchev–Trinajstić information content (AvgIpc) is 1.76. The predicted octanol–water partition coefficient (Wildman–Crippen LogP) is -3.29. The Bertz CT molecular complexity index is 49.7. The van der Waals surface area contributed by atoms with Gasteiger partial charge in [-0.1, -0.05) is 0 Å². The number of hydrogen-bond donors (Lipinski definition) is 2. The molecule has 1 saturated heterocycles. The molecule has 0 unspecified atom stereocenters. The summed E-state index contributed by atoms with van der Waals surface area (Å²) in [5, 5.41) is 15.5. The van der Waals surface area contributed by atoms with Gasteiger partial charge in [0, 0.05) is 0 Å². The average molecular weight is 314 g/mol. The molecule has 0 spiro atoms. The summed E-state index contributed by atoms with van der Waals surface area (Å²) in [4.78, 5) is 7.01. The Kier molecular flexibility index (Phi) is 6.07. The molecule has 7 heavy (non-hydrogen) atoms. The van der Waals surface area contributed by atoms with Gasteiger partial charge in [0.05, 0.1) is 0 Å². The molecule has 0 aliphatic carbocycles. The van der Waals surface area contributed by atoms with Gasteiger partial charge in [-0.25, -0.2) is 0 Å². The van der Waals surface area contributed by atoms with E-state index in [2.05, 4.69) is 9.78 Å². The van der Waals surface area contributed by atoms with Crippen molar-refractivity contribution < 1.29 is 20.0 Å². The van der Waals surface area contributed by atoms with Crippen molar-refractivity contribution >= 4 is 55.8 Å². The Hall–Kier alpha value is 1.72. The van der Waals surface area contributed by atoms with Crippen LogP contribution in [0.1, 0.15) is 0 Å². The molecule has 0 aromatic heterocycles. The SMILES string of the molecule is OC1(O)OO1.[BiH3].[NaH]. The van der Waals surface area contributed by atoms with Gasteiger partial charge in [-0.2, -0.15) is 0 Å². The van der Waals surface area contributed by atoms with Gasteiger partial charge in [-0.3, -0.25) is 0 Å². The third-order valence-corrected chi connectivity index (χ3v) is 0.232. The molecule has 1 aliphatic heterocycles. The normalized spacial score (nSPS) is 21.4. The first-order valence-electron chi connectivity index (χ1n) is 1.02. The fourth-order valence-electron chi connectivity index (χ4n) is 0.0373. The van der Waals surface area contributed by atoms with Crippen molar-refractivity contribution in [3.63, 3.8) is 0 Å². The van der Waals surface area contributed by atoms with E-state index in [0.29, 0.717) is 0 Å². The molecule has 1 aliphatic rings. The zero-order valence-electron chi connectivity index (χ0n) is 2.92. The standard InChI is InChI=1S/CH2O4.Bi.Na.4H/c2-1(3)4-5-1;;;;;;/h2-3H;;;;;;. The summed E-state index contributed by atoms with van der Waals surface area (Å²) in [7, 11) is 0. The molecule has 0 radical (unpaired) electrons. The molecule has 6 heteroatoms. The van der Waals surface area contributed by atoms with E-state index in [1.807, 2.05) is 0 Å². The van der Waals surface area contributed by atoms with Crippen LogP contribution >= 0.6 is 0 Å². The quantitative estimate of drug-likeness (QED) is 0.213. The Labute approximate surface area is 81.1 Å². The second-order valence-electron chi connectivity index (χ2n) is 0.715. The molecule has 0 amide bonds. The monoisotopic (exact) mass is 314 g/mol. The molecule has 1 heterocycles. The summed E-state index contributed by atoms with van der Waals surface area (Å²) in [5.41, 5.74) is 0. The van der Waals surface area contributed by atoms with E-state index >= 15 is 0 Å². The van der Waals surface area contributed by atoms with E-state index in [1.54, 1.807) is 0 Å². The van der Waals surface area contributed by atoms with Crippen molar-refractivity contribution in [3.05, 3.63) is 0 Å². The third kappa shape index (κ3) is 5.60. The van der Waals surface area contributed by atoms with E-state index in [-0.39, 0.29) is 55.8 Å². The molecule has 0 saturated carbocycles. The van der Waals surface area contributed by atoms with Crippen LogP contribution in [0, 0.1) is 0 Å². The van der Waals surface area contributed by atoms with Crippen molar-refractivity contribution in [1.82, 2.24) is 0 Å². The van der Waals surface area contributed by atoms with Crippen LogP contribution < -0.4 is 0 Å².